The Bertz CT molecular complexity index is 930. The van der Waals surface area contributed by atoms with Crippen LogP contribution in [0.3, 0.4) is 0 Å². The van der Waals surface area contributed by atoms with E-state index in [-0.39, 0.29) is 26.4 Å². The lowest BCUT2D eigenvalue weighted by molar-refractivity contribution is -0.385. The van der Waals surface area contributed by atoms with Gasteiger partial charge in [-0.05, 0) is 45.9 Å². The van der Waals surface area contributed by atoms with Gasteiger partial charge in [0.15, 0.2) is 0 Å². The number of nitrogens with zero attached hydrogens (tertiary/aromatic N) is 2. The second kappa shape index (κ2) is 6.69. The molecule has 1 saturated heterocycles. The number of imide groups is 1. The van der Waals surface area contributed by atoms with Crippen LogP contribution in [-0.4, -0.2) is 21.2 Å². The molecular weight excluding hydrogens is 412 g/mol. The lowest BCUT2D eigenvalue weighted by atomic mass is 10.1. The average molecular weight is 421 g/mol. The zero-order valence-electron chi connectivity index (χ0n) is 12.4. The quantitative estimate of drug-likeness (QED) is 0.451. The van der Waals surface area contributed by atoms with Crippen molar-refractivity contribution in [2.24, 2.45) is 0 Å². The van der Waals surface area contributed by atoms with Gasteiger partial charge >= 0.3 is 0 Å². The molecule has 0 aromatic heterocycles. The Morgan fingerprint density at radius 2 is 1.88 bits per heavy atom. The Kier molecular flexibility index (Phi) is 4.60. The lowest BCUT2D eigenvalue weighted by Crippen LogP contribution is -2.27. The fraction of sp³-hybridized carbons (Fsp3) is 0. The molecule has 0 saturated carbocycles. The molecule has 2 amide bonds. The third kappa shape index (κ3) is 3.28. The molecule has 126 valence electrons. The van der Waals surface area contributed by atoms with E-state index in [1.807, 2.05) is 0 Å². The van der Waals surface area contributed by atoms with Crippen LogP contribution in [0.15, 0.2) is 51.8 Å². The second-order valence-corrected chi connectivity index (χ2v) is 6.82. The summed E-state index contributed by atoms with van der Waals surface area (Å²) in [7, 11) is 0. The summed E-state index contributed by atoms with van der Waals surface area (Å²) in [5, 5.41) is 20.5. The Hall–Kier alpha value is -2.65. The van der Waals surface area contributed by atoms with Crippen LogP contribution in [0.1, 0.15) is 5.56 Å². The van der Waals surface area contributed by atoms with Gasteiger partial charge in [0.2, 0.25) is 0 Å². The van der Waals surface area contributed by atoms with Gasteiger partial charge in [-0.1, -0.05) is 18.2 Å². The Labute approximate surface area is 154 Å². The smallest absolute Gasteiger partial charge is 0.298 e. The van der Waals surface area contributed by atoms with E-state index in [4.69, 9.17) is 0 Å². The summed E-state index contributed by atoms with van der Waals surface area (Å²) >= 11 is 3.74. The Balaban J connectivity index is 2.02. The minimum Gasteiger partial charge on any atom is -0.506 e. The summed E-state index contributed by atoms with van der Waals surface area (Å²) in [6.07, 6.45) is 1.26. The molecule has 2 aromatic carbocycles. The van der Waals surface area contributed by atoms with Gasteiger partial charge in [-0.25, -0.2) is 4.90 Å². The van der Waals surface area contributed by atoms with Crippen molar-refractivity contribution in [3.63, 3.8) is 0 Å². The van der Waals surface area contributed by atoms with Crippen molar-refractivity contribution < 1.29 is 19.6 Å². The number of hydrogen-bond donors (Lipinski definition) is 1. The fourth-order valence-corrected chi connectivity index (χ4v) is 3.53. The number of carbonyl (C=O) groups excluding carboxylic acids is 2. The van der Waals surface area contributed by atoms with Crippen LogP contribution in [0.5, 0.6) is 5.75 Å². The first-order valence-corrected chi connectivity index (χ1v) is 8.49. The SMILES string of the molecule is O=C1S/C(=C/c2cc([N+](=O)[O-])cc(Br)c2O)C(=O)N1c1ccccc1. The molecule has 25 heavy (non-hydrogen) atoms. The Morgan fingerprint density at radius 1 is 1.20 bits per heavy atom. The minimum atomic E-state index is -0.614. The number of phenolic OH excluding ortho intramolecular Hbond substituents is 1. The highest BCUT2D eigenvalue weighted by atomic mass is 79.9. The van der Waals surface area contributed by atoms with Crippen molar-refractivity contribution >= 4 is 56.3 Å². The summed E-state index contributed by atoms with van der Waals surface area (Å²) in [6.45, 7) is 0. The van der Waals surface area contributed by atoms with Crippen molar-refractivity contribution in [2.75, 3.05) is 4.90 Å². The number of nitro benzene ring substituents is 1. The van der Waals surface area contributed by atoms with E-state index in [0.29, 0.717) is 17.4 Å². The molecule has 0 unspecified atom stereocenters. The van der Waals surface area contributed by atoms with Gasteiger partial charge in [0, 0.05) is 17.7 Å². The van der Waals surface area contributed by atoms with Crippen molar-refractivity contribution in [3.8, 4) is 5.75 Å². The summed E-state index contributed by atoms with van der Waals surface area (Å²) in [5.74, 6) is -0.805. The van der Waals surface area contributed by atoms with E-state index in [1.165, 1.54) is 6.08 Å². The maximum atomic E-state index is 12.5. The molecule has 1 N–H and O–H groups in total. The third-order valence-corrected chi connectivity index (χ3v) is 4.86. The topological polar surface area (TPSA) is 101 Å². The number of para-hydroxylation sites is 1. The molecule has 9 heteroatoms. The zero-order valence-corrected chi connectivity index (χ0v) is 14.8. The van der Waals surface area contributed by atoms with Crippen molar-refractivity contribution in [2.45, 2.75) is 0 Å². The normalized spacial score (nSPS) is 15.9. The standard InChI is InChI=1S/C16H9BrN2O5S/c17-12-8-11(19(23)24)6-9(14(12)20)7-13-15(21)18(16(22)25-13)10-4-2-1-3-5-10/h1-8,20H/b13-7+. The molecule has 0 aliphatic carbocycles. The number of non-ortho nitro benzene ring substituents is 1. The summed E-state index contributed by atoms with van der Waals surface area (Å²) in [6, 6.07) is 10.7. The minimum absolute atomic E-state index is 0.0663. The predicted molar refractivity (Wildman–Crippen MR) is 97.4 cm³/mol. The van der Waals surface area contributed by atoms with Gasteiger partial charge in [-0.15, -0.1) is 0 Å². The van der Waals surface area contributed by atoms with E-state index in [2.05, 4.69) is 15.9 Å². The summed E-state index contributed by atoms with van der Waals surface area (Å²) in [5.41, 5.74) is 0.246. The van der Waals surface area contributed by atoms with Crippen LogP contribution >= 0.6 is 27.7 Å². The van der Waals surface area contributed by atoms with Crippen LogP contribution in [0, 0.1) is 10.1 Å². The first-order chi connectivity index (χ1) is 11.9. The van der Waals surface area contributed by atoms with Gasteiger partial charge in [0.1, 0.15) is 5.75 Å². The fourth-order valence-electron chi connectivity index (χ4n) is 2.23. The van der Waals surface area contributed by atoms with Crippen LogP contribution in [0.2, 0.25) is 0 Å². The Morgan fingerprint density at radius 3 is 2.52 bits per heavy atom. The van der Waals surface area contributed by atoms with Crippen molar-refractivity contribution in [1.82, 2.24) is 0 Å². The van der Waals surface area contributed by atoms with Crippen LogP contribution < -0.4 is 4.90 Å². The monoisotopic (exact) mass is 420 g/mol. The molecule has 1 aliphatic rings. The molecule has 7 nitrogen and oxygen atoms in total. The summed E-state index contributed by atoms with van der Waals surface area (Å²) in [4.78, 5) is 36.1. The number of rotatable bonds is 3. The predicted octanol–water partition coefficient (Wildman–Crippen LogP) is 4.30. The molecule has 0 spiro atoms. The molecule has 0 bridgehead atoms. The number of carbonyl (C=O) groups is 2. The van der Waals surface area contributed by atoms with Gasteiger partial charge in [0.05, 0.1) is 20.0 Å². The number of hydrogen-bond acceptors (Lipinski definition) is 6. The van der Waals surface area contributed by atoms with Crippen LogP contribution in [0.25, 0.3) is 6.08 Å². The number of benzene rings is 2. The molecule has 1 heterocycles. The molecule has 0 atom stereocenters. The van der Waals surface area contributed by atoms with E-state index in [0.717, 1.165) is 17.0 Å². The highest BCUT2D eigenvalue weighted by Crippen LogP contribution is 2.39. The number of phenols is 1. The number of nitro groups is 1. The van der Waals surface area contributed by atoms with E-state index < -0.39 is 16.1 Å². The maximum Gasteiger partial charge on any atom is 0.298 e. The van der Waals surface area contributed by atoms with E-state index >= 15 is 0 Å². The van der Waals surface area contributed by atoms with E-state index in [9.17, 15) is 24.8 Å². The number of amides is 2. The first kappa shape index (κ1) is 17.2. The second-order valence-electron chi connectivity index (χ2n) is 4.98. The van der Waals surface area contributed by atoms with Crippen molar-refractivity contribution in [1.29, 1.82) is 0 Å². The van der Waals surface area contributed by atoms with E-state index in [1.54, 1.807) is 30.3 Å². The highest BCUT2D eigenvalue weighted by Gasteiger charge is 2.36. The molecular formula is C16H9BrN2O5S. The van der Waals surface area contributed by atoms with Gasteiger partial charge in [-0.2, -0.15) is 0 Å². The number of anilines is 1. The van der Waals surface area contributed by atoms with Crippen LogP contribution in [-0.2, 0) is 4.79 Å². The maximum absolute atomic E-state index is 12.5. The molecule has 0 radical (unpaired) electrons. The molecule has 3 rings (SSSR count). The number of halogens is 1. The third-order valence-electron chi connectivity index (χ3n) is 3.38. The molecule has 1 fully saturated rings. The zero-order chi connectivity index (χ0) is 18.1. The lowest BCUT2D eigenvalue weighted by Gasteiger charge is -2.11. The van der Waals surface area contributed by atoms with Crippen molar-refractivity contribution in [3.05, 3.63) is 67.5 Å². The molecule has 1 aliphatic heterocycles. The number of thioether (sulfide) groups is 1. The van der Waals surface area contributed by atoms with Gasteiger partial charge < -0.3 is 5.11 Å². The largest absolute Gasteiger partial charge is 0.506 e. The highest BCUT2D eigenvalue weighted by molar-refractivity contribution is 9.10. The molecule has 2 aromatic rings. The number of aromatic hydroxyl groups is 1. The first-order valence-electron chi connectivity index (χ1n) is 6.88. The summed E-state index contributed by atoms with van der Waals surface area (Å²) < 4.78 is 0.121. The van der Waals surface area contributed by atoms with Gasteiger partial charge in [-0.3, -0.25) is 19.7 Å². The van der Waals surface area contributed by atoms with Crippen LogP contribution in [0.4, 0.5) is 16.2 Å². The van der Waals surface area contributed by atoms with Gasteiger partial charge in [0.25, 0.3) is 16.8 Å². The average Bonchev–Trinajstić information content (AvgIpc) is 2.86.